The van der Waals surface area contributed by atoms with Crippen LogP contribution in [0.1, 0.15) is 29.7 Å². The summed E-state index contributed by atoms with van der Waals surface area (Å²) in [6.45, 7) is 4.24. The standard InChI is InChI=1S/C16H16F3N/c1-10-7-14(17)5-3-13(10)9-20-11(2)12-4-6-15(18)16(19)8-12/h3-8,11,20H,9H2,1-2H3. The monoisotopic (exact) mass is 279 g/mol. The molecule has 2 aromatic carbocycles. The zero-order valence-corrected chi connectivity index (χ0v) is 11.4. The van der Waals surface area contributed by atoms with Crippen LogP contribution in [0.25, 0.3) is 0 Å². The van der Waals surface area contributed by atoms with Crippen molar-refractivity contribution in [3.05, 3.63) is 70.5 Å². The number of benzene rings is 2. The zero-order valence-electron chi connectivity index (χ0n) is 11.4. The summed E-state index contributed by atoms with van der Waals surface area (Å²) in [5.41, 5.74) is 2.50. The summed E-state index contributed by atoms with van der Waals surface area (Å²) in [4.78, 5) is 0. The van der Waals surface area contributed by atoms with Crippen LogP contribution in [-0.2, 0) is 6.54 Å². The molecule has 0 bridgehead atoms. The molecule has 0 heterocycles. The van der Waals surface area contributed by atoms with Gasteiger partial charge in [-0.05, 0) is 54.8 Å². The molecule has 0 radical (unpaired) electrons. The molecule has 1 unspecified atom stereocenters. The van der Waals surface area contributed by atoms with Crippen LogP contribution in [0.15, 0.2) is 36.4 Å². The molecule has 20 heavy (non-hydrogen) atoms. The van der Waals surface area contributed by atoms with Crippen LogP contribution in [0.3, 0.4) is 0 Å². The van der Waals surface area contributed by atoms with Crippen molar-refractivity contribution in [3.8, 4) is 0 Å². The van der Waals surface area contributed by atoms with E-state index in [0.29, 0.717) is 12.1 Å². The van der Waals surface area contributed by atoms with Crippen LogP contribution >= 0.6 is 0 Å². The Bertz CT molecular complexity index is 611. The predicted molar refractivity (Wildman–Crippen MR) is 72.7 cm³/mol. The second-order valence-electron chi connectivity index (χ2n) is 4.85. The SMILES string of the molecule is Cc1cc(F)ccc1CNC(C)c1ccc(F)c(F)c1. The number of aryl methyl sites for hydroxylation is 1. The Labute approximate surface area is 116 Å². The Morgan fingerprint density at radius 1 is 1.00 bits per heavy atom. The number of hydrogen-bond donors (Lipinski definition) is 1. The van der Waals surface area contributed by atoms with E-state index in [1.165, 1.54) is 18.2 Å². The van der Waals surface area contributed by atoms with Gasteiger partial charge in [0.2, 0.25) is 0 Å². The van der Waals surface area contributed by atoms with Gasteiger partial charge in [0, 0.05) is 12.6 Å². The lowest BCUT2D eigenvalue weighted by atomic mass is 10.1. The largest absolute Gasteiger partial charge is 0.306 e. The summed E-state index contributed by atoms with van der Waals surface area (Å²) in [7, 11) is 0. The normalized spacial score (nSPS) is 12.4. The van der Waals surface area contributed by atoms with E-state index in [-0.39, 0.29) is 11.9 Å². The minimum absolute atomic E-state index is 0.130. The van der Waals surface area contributed by atoms with Crippen LogP contribution < -0.4 is 5.32 Å². The van der Waals surface area contributed by atoms with Gasteiger partial charge in [0.05, 0.1) is 0 Å². The number of nitrogens with one attached hydrogen (secondary N) is 1. The van der Waals surface area contributed by atoms with Crippen LogP contribution in [0.4, 0.5) is 13.2 Å². The lowest BCUT2D eigenvalue weighted by Gasteiger charge is -2.15. The maximum absolute atomic E-state index is 13.2. The molecule has 4 heteroatoms. The van der Waals surface area contributed by atoms with E-state index >= 15 is 0 Å². The topological polar surface area (TPSA) is 12.0 Å². The third-order valence-electron chi connectivity index (χ3n) is 3.35. The first-order chi connectivity index (χ1) is 9.47. The van der Waals surface area contributed by atoms with E-state index in [1.807, 2.05) is 13.8 Å². The molecule has 0 spiro atoms. The molecule has 106 valence electrons. The molecule has 1 N–H and O–H groups in total. The second kappa shape index (κ2) is 6.09. The molecule has 0 aliphatic carbocycles. The van der Waals surface area contributed by atoms with Gasteiger partial charge < -0.3 is 5.32 Å². The number of halogens is 3. The summed E-state index contributed by atoms with van der Waals surface area (Å²) in [5.74, 6) is -1.97. The summed E-state index contributed by atoms with van der Waals surface area (Å²) < 4.78 is 39.0. The number of hydrogen-bond acceptors (Lipinski definition) is 1. The maximum Gasteiger partial charge on any atom is 0.159 e. The third-order valence-corrected chi connectivity index (χ3v) is 3.35. The van der Waals surface area contributed by atoms with Gasteiger partial charge in [-0.25, -0.2) is 13.2 Å². The van der Waals surface area contributed by atoms with Crippen LogP contribution in [-0.4, -0.2) is 0 Å². The minimum Gasteiger partial charge on any atom is -0.306 e. The van der Waals surface area contributed by atoms with Crippen molar-refractivity contribution in [1.82, 2.24) is 5.32 Å². The highest BCUT2D eigenvalue weighted by atomic mass is 19.2. The average Bonchev–Trinajstić information content (AvgIpc) is 2.40. The fraction of sp³-hybridized carbons (Fsp3) is 0.250. The lowest BCUT2D eigenvalue weighted by molar-refractivity contribution is 0.500. The van der Waals surface area contributed by atoms with E-state index in [1.54, 1.807) is 12.1 Å². The molecule has 0 saturated heterocycles. The van der Waals surface area contributed by atoms with Crippen molar-refractivity contribution in [2.24, 2.45) is 0 Å². The van der Waals surface area contributed by atoms with Crippen LogP contribution in [0.2, 0.25) is 0 Å². The highest BCUT2D eigenvalue weighted by Crippen LogP contribution is 2.17. The average molecular weight is 279 g/mol. The zero-order chi connectivity index (χ0) is 14.7. The van der Waals surface area contributed by atoms with Gasteiger partial charge in [0.15, 0.2) is 11.6 Å². The molecular formula is C16H16F3N. The van der Waals surface area contributed by atoms with Gasteiger partial charge in [0.25, 0.3) is 0 Å². The first-order valence-electron chi connectivity index (χ1n) is 6.40. The summed E-state index contributed by atoms with van der Waals surface area (Å²) in [6.07, 6.45) is 0. The van der Waals surface area contributed by atoms with Gasteiger partial charge in [-0.2, -0.15) is 0 Å². The fourth-order valence-corrected chi connectivity index (χ4v) is 2.02. The van der Waals surface area contributed by atoms with Crippen LogP contribution in [0.5, 0.6) is 0 Å². The van der Waals surface area contributed by atoms with Crippen LogP contribution in [0, 0.1) is 24.4 Å². The molecule has 0 amide bonds. The molecule has 0 saturated carbocycles. The Balaban J connectivity index is 2.04. The first-order valence-corrected chi connectivity index (χ1v) is 6.40. The molecular weight excluding hydrogens is 263 g/mol. The molecule has 0 aromatic heterocycles. The van der Waals surface area contributed by atoms with Gasteiger partial charge >= 0.3 is 0 Å². The predicted octanol–water partition coefficient (Wildman–Crippen LogP) is 4.26. The van der Waals surface area contributed by atoms with E-state index in [2.05, 4.69) is 5.32 Å². The van der Waals surface area contributed by atoms with Gasteiger partial charge in [-0.15, -0.1) is 0 Å². The number of rotatable bonds is 4. The third kappa shape index (κ3) is 3.39. The molecule has 0 aliphatic heterocycles. The Kier molecular flexibility index (Phi) is 4.45. The molecule has 1 nitrogen and oxygen atoms in total. The van der Waals surface area contributed by atoms with Gasteiger partial charge in [-0.3, -0.25) is 0 Å². The lowest BCUT2D eigenvalue weighted by Crippen LogP contribution is -2.19. The summed E-state index contributed by atoms with van der Waals surface area (Å²) >= 11 is 0. The van der Waals surface area contributed by atoms with Gasteiger partial charge in [0.1, 0.15) is 5.82 Å². The molecule has 0 fully saturated rings. The summed E-state index contributed by atoms with van der Waals surface area (Å²) in [6, 6.07) is 8.32. The second-order valence-corrected chi connectivity index (χ2v) is 4.85. The maximum atomic E-state index is 13.2. The molecule has 2 aromatic rings. The molecule has 0 aliphatic rings. The van der Waals surface area contributed by atoms with Crippen molar-refractivity contribution in [1.29, 1.82) is 0 Å². The van der Waals surface area contributed by atoms with Crippen molar-refractivity contribution >= 4 is 0 Å². The fourth-order valence-electron chi connectivity index (χ4n) is 2.02. The Morgan fingerprint density at radius 2 is 1.75 bits per heavy atom. The molecule has 1 atom stereocenters. The smallest absolute Gasteiger partial charge is 0.159 e. The Morgan fingerprint density at radius 3 is 2.40 bits per heavy atom. The first kappa shape index (κ1) is 14.6. The van der Waals surface area contributed by atoms with Crippen molar-refractivity contribution in [2.75, 3.05) is 0 Å². The molecule has 2 rings (SSSR count). The quantitative estimate of drug-likeness (QED) is 0.881. The van der Waals surface area contributed by atoms with Crippen molar-refractivity contribution in [3.63, 3.8) is 0 Å². The van der Waals surface area contributed by atoms with E-state index in [0.717, 1.165) is 17.2 Å². The van der Waals surface area contributed by atoms with Crippen molar-refractivity contribution < 1.29 is 13.2 Å². The highest BCUT2D eigenvalue weighted by Gasteiger charge is 2.09. The van der Waals surface area contributed by atoms with E-state index < -0.39 is 11.6 Å². The van der Waals surface area contributed by atoms with Gasteiger partial charge in [-0.1, -0.05) is 12.1 Å². The Hall–Kier alpha value is -1.81. The van der Waals surface area contributed by atoms with Crippen molar-refractivity contribution in [2.45, 2.75) is 26.4 Å². The minimum atomic E-state index is -0.853. The summed E-state index contributed by atoms with van der Waals surface area (Å²) in [5, 5.41) is 3.21. The van der Waals surface area contributed by atoms with E-state index in [9.17, 15) is 13.2 Å². The highest BCUT2D eigenvalue weighted by molar-refractivity contribution is 5.27. The van der Waals surface area contributed by atoms with E-state index in [4.69, 9.17) is 0 Å².